The Morgan fingerprint density at radius 1 is 1.21 bits per heavy atom. The van der Waals surface area contributed by atoms with Crippen molar-refractivity contribution in [2.24, 2.45) is 5.41 Å². The van der Waals surface area contributed by atoms with Gasteiger partial charge in [-0.05, 0) is 49.4 Å². The summed E-state index contributed by atoms with van der Waals surface area (Å²) in [6.45, 7) is 14.8. The fourth-order valence-corrected chi connectivity index (χ4v) is 2.78. The summed E-state index contributed by atoms with van der Waals surface area (Å²) < 4.78 is 0. The van der Waals surface area contributed by atoms with Crippen LogP contribution in [0.25, 0.3) is 0 Å². The first-order valence-electron chi connectivity index (χ1n) is 7.43. The number of hydrogen-bond donors (Lipinski definition) is 1. The Kier molecular flexibility index (Phi) is 4.19. The first-order valence-corrected chi connectivity index (χ1v) is 7.43. The molecule has 1 aromatic rings. The summed E-state index contributed by atoms with van der Waals surface area (Å²) in [7, 11) is 0. The van der Waals surface area contributed by atoms with E-state index in [0.29, 0.717) is 11.5 Å². The van der Waals surface area contributed by atoms with Crippen LogP contribution in [-0.2, 0) is 0 Å². The predicted molar refractivity (Wildman–Crippen MR) is 84.0 cm³/mol. The third-order valence-corrected chi connectivity index (χ3v) is 4.15. The molecule has 19 heavy (non-hydrogen) atoms. The van der Waals surface area contributed by atoms with Crippen molar-refractivity contribution in [2.75, 3.05) is 24.5 Å². The lowest BCUT2D eigenvalue weighted by molar-refractivity contribution is 0.280. The zero-order chi connectivity index (χ0) is 14.0. The fraction of sp³-hybridized carbons (Fsp3) is 0.647. The lowest BCUT2D eigenvalue weighted by Crippen LogP contribution is -2.46. The second kappa shape index (κ2) is 5.54. The van der Waals surface area contributed by atoms with Crippen molar-refractivity contribution in [1.29, 1.82) is 0 Å². The second-order valence-electron chi connectivity index (χ2n) is 6.96. The molecule has 0 radical (unpaired) electrons. The standard InChI is InChI=1S/C17H28N2/c1-13-7-8-14(2)15(11-13)19-10-6-9-18-16(12-19)17(3,4)5/h7-8,11,16,18H,6,9-10,12H2,1-5H3. The van der Waals surface area contributed by atoms with Gasteiger partial charge in [-0.3, -0.25) is 0 Å². The molecular weight excluding hydrogens is 232 g/mol. The van der Waals surface area contributed by atoms with Gasteiger partial charge in [0.1, 0.15) is 0 Å². The van der Waals surface area contributed by atoms with Crippen LogP contribution in [0.3, 0.4) is 0 Å². The molecule has 1 fully saturated rings. The predicted octanol–water partition coefficient (Wildman–Crippen LogP) is 3.52. The molecule has 0 bridgehead atoms. The fourth-order valence-electron chi connectivity index (χ4n) is 2.78. The molecule has 1 aromatic carbocycles. The molecule has 2 nitrogen and oxygen atoms in total. The van der Waals surface area contributed by atoms with Gasteiger partial charge >= 0.3 is 0 Å². The highest BCUT2D eigenvalue weighted by Crippen LogP contribution is 2.27. The monoisotopic (exact) mass is 260 g/mol. The van der Waals surface area contributed by atoms with Crippen LogP contribution < -0.4 is 10.2 Å². The Morgan fingerprint density at radius 2 is 1.95 bits per heavy atom. The minimum Gasteiger partial charge on any atom is -0.370 e. The number of nitrogens with zero attached hydrogens (tertiary/aromatic N) is 1. The Hall–Kier alpha value is -1.02. The molecule has 2 heteroatoms. The minimum atomic E-state index is 0.306. The van der Waals surface area contributed by atoms with Gasteiger partial charge in [0, 0.05) is 24.8 Å². The summed E-state index contributed by atoms with van der Waals surface area (Å²) >= 11 is 0. The number of hydrogen-bond acceptors (Lipinski definition) is 2. The average Bonchev–Trinajstić information content (AvgIpc) is 2.57. The van der Waals surface area contributed by atoms with Crippen LogP contribution in [-0.4, -0.2) is 25.7 Å². The van der Waals surface area contributed by atoms with Crippen LogP contribution in [0.4, 0.5) is 5.69 Å². The van der Waals surface area contributed by atoms with Crippen LogP contribution in [0.15, 0.2) is 18.2 Å². The van der Waals surface area contributed by atoms with E-state index >= 15 is 0 Å². The summed E-state index contributed by atoms with van der Waals surface area (Å²) in [5.41, 5.74) is 4.46. The molecule has 0 aliphatic carbocycles. The maximum absolute atomic E-state index is 3.71. The zero-order valence-electron chi connectivity index (χ0n) is 13.1. The average molecular weight is 260 g/mol. The van der Waals surface area contributed by atoms with Crippen LogP contribution in [0.2, 0.25) is 0 Å². The van der Waals surface area contributed by atoms with Crippen molar-refractivity contribution in [1.82, 2.24) is 5.32 Å². The summed E-state index contributed by atoms with van der Waals surface area (Å²) in [4.78, 5) is 2.57. The normalized spacial score (nSPS) is 21.3. The number of anilines is 1. The highest BCUT2D eigenvalue weighted by atomic mass is 15.2. The first kappa shape index (κ1) is 14.4. The SMILES string of the molecule is Cc1ccc(C)c(N2CCCNC(C(C)(C)C)C2)c1. The van der Waals surface area contributed by atoms with Gasteiger partial charge in [-0.1, -0.05) is 32.9 Å². The summed E-state index contributed by atoms with van der Waals surface area (Å²) in [6.07, 6.45) is 1.22. The molecular formula is C17H28N2. The number of nitrogens with one attached hydrogen (secondary N) is 1. The summed E-state index contributed by atoms with van der Waals surface area (Å²) in [5, 5.41) is 3.71. The molecule has 1 unspecified atom stereocenters. The third-order valence-electron chi connectivity index (χ3n) is 4.15. The van der Waals surface area contributed by atoms with E-state index in [2.05, 4.69) is 63.0 Å². The molecule has 106 valence electrons. The number of benzene rings is 1. The van der Waals surface area contributed by atoms with Crippen molar-refractivity contribution in [3.05, 3.63) is 29.3 Å². The van der Waals surface area contributed by atoms with E-state index in [0.717, 1.165) is 19.6 Å². The molecule has 0 amide bonds. The molecule has 1 aliphatic rings. The van der Waals surface area contributed by atoms with Gasteiger partial charge in [0.25, 0.3) is 0 Å². The number of aryl methyl sites for hydroxylation is 2. The molecule has 1 saturated heterocycles. The lowest BCUT2D eigenvalue weighted by Gasteiger charge is -2.35. The van der Waals surface area contributed by atoms with Gasteiger partial charge in [0.15, 0.2) is 0 Å². The largest absolute Gasteiger partial charge is 0.370 e. The lowest BCUT2D eigenvalue weighted by atomic mass is 9.86. The highest BCUT2D eigenvalue weighted by Gasteiger charge is 2.28. The summed E-state index contributed by atoms with van der Waals surface area (Å²) in [6, 6.07) is 7.33. The molecule has 0 aromatic heterocycles. The van der Waals surface area contributed by atoms with E-state index < -0.39 is 0 Å². The topological polar surface area (TPSA) is 15.3 Å². The Balaban J connectivity index is 2.25. The molecule has 0 saturated carbocycles. The maximum atomic E-state index is 3.71. The van der Waals surface area contributed by atoms with E-state index in [1.54, 1.807) is 0 Å². The van der Waals surface area contributed by atoms with Gasteiger partial charge in [0.2, 0.25) is 0 Å². The highest BCUT2D eigenvalue weighted by molar-refractivity contribution is 5.55. The van der Waals surface area contributed by atoms with Crippen molar-refractivity contribution in [3.8, 4) is 0 Å². The van der Waals surface area contributed by atoms with Crippen molar-refractivity contribution in [3.63, 3.8) is 0 Å². The van der Waals surface area contributed by atoms with E-state index in [1.165, 1.54) is 23.2 Å². The van der Waals surface area contributed by atoms with Crippen LogP contribution in [0.5, 0.6) is 0 Å². The Labute approximate surface area is 118 Å². The number of rotatable bonds is 1. The van der Waals surface area contributed by atoms with Crippen LogP contribution in [0, 0.1) is 19.3 Å². The second-order valence-corrected chi connectivity index (χ2v) is 6.96. The third kappa shape index (κ3) is 3.50. The molecule has 1 atom stereocenters. The molecule has 1 aliphatic heterocycles. The van der Waals surface area contributed by atoms with Crippen molar-refractivity contribution < 1.29 is 0 Å². The zero-order valence-corrected chi connectivity index (χ0v) is 13.1. The first-order chi connectivity index (χ1) is 8.88. The van der Waals surface area contributed by atoms with E-state index in [-0.39, 0.29) is 0 Å². The van der Waals surface area contributed by atoms with E-state index in [9.17, 15) is 0 Å². The molecule has 1 N–H and O–H groups in total. The van der Waals surface area contributed by atoms with Gasteiger partial charge < -0.3 is 10.2 Å². The van der Waals surface area contributed by atoms with Crippen LogP contribution in [0.1, 0.15) is 38.3 Å². The summed E-state index contributed by atoms with van der Waals surface area (Å²) in [5.74, 6) is 0. The Morgan fingerprint density at radius 3 is 2.63 bits per heavy atom. The Bertz CT molecular complexity index is 431. The van der Waals surface area contributed by atoms with Crippen LogP contribution >= 0.6 is 0 Å². The maximum Gasteiger partial charge on any atom is 0.0399 e. The minimum absolute atomic E-state index is 0.306. The quantitative estimate of drug-likeness (QED) is 0.831. The van der Waals surface area contributed by atoms with Gasteiger partial charge in [-0.2, -0.15) is 0 Å². The van der Waals surface area contributed by atoms with Gasteiger partial charge in [-0.15, -0.1) is 0 Å². The molecule has 0 spiro atoms. The van der Waals surface area contributed by atoms with Crippen molar-refractivity contribution in [2.45, 2.75) is 47.1 Å². The van der Waals surface area contributed by atoms with Gasteiger partial charge in [0.05, 0.1) is 0 Å². The van der Waals surface area contributed by atoms with Gasteiger partial charge in [-0.25, -0.2) is 0 Å². The van der Waals surface area contributed by atoms with Crippen molar-refractivity contribution >= 4 is 5.69 Å². The van der Waals surface area contributed by atoms with E-state index in [4.69, 9.17) is 0 Å². The van der Waals surface area contributed by atoms with E-state index in [1.807, 2.05) is 0 Å². The molecule has 1 heterocycles. The smallest absolute Gasteiger partial charge is 0.0399 e. The molecule has 2 rings (SSSR count).